The van der Waals surface area contributed by atoms with E-state index in [1.54, 1.807) is 0 Å². The van der Waals surface area contributed by atoms with E-state index in [9.17, 15) is 0 Å². The third kappa shape index (κ3) is 8.05. The summed E-state index contributed by atoms with van der Waals surface area (Å²) in [6, 6.07) is 0. The van der Waals surface area contributed by atoms with Gasteiger partial charge in [0.1, 0.15) is 0 Å². The number of methoxy groups -OCH3 is 1. The van der Waals surface area contributed by atoms with Crippen LogP contribution < -0.4 is 0 Å². The molecule has 1 aliphatic rings. The Labute approximate surface area is 87.4 Å². The minimum absolute atomic E-state index is 0.375. The number of carbonyl (C=O) groups is 1. The second-order valence-electron chi connectivity index (χ2n) is 4.06. The van der Waals surface area contributed by atoms with Gasteiger partial charge in [0.25, 0.3) is 6.47 Å². The topological polar surface area (TPSA) is 29.5 Å². The summed E-state index contributed by atoms with van der Waals surface area (Å²) in [6.45, 7) is 9.02. The molecule has 0 atom stereocenters. The van der Waals surface area contributed by atoms with E-state index in [2.05, 4.69) is 23.5 Å². The molecule has 0 radical (unpaired) electrons. The largest absolute Gasteiger partial charge is 0.471 e. The maximum atomic E-state index is 8.95. The van der Waals surface area contributed by atoms with Crippen LogP contribution in [0.1, 0.15) is 33.1 Å². The van der Waals surface area contributed by atoms with Gasteiger partial charge >= 0.3 is 0 Å². The van der Waals surface area contributed by atoms with Crippen molar-refractivity contribution in [3.05, 3.63) is 0 Å². The smallest absolute Gasteiger partial charge is 0.292 e. The highest BCUT2D eigenvalue weighted by atomic mass is 16.5. The summed E-state index contributed by atoms with van der Waals surface area (Å²) in [5.41, 5.74) is 0. The molecule has 0 N–H and O–H groups in total. The van der Waals surface area contributed by atoms with Gasteiger partial charge in [0.15, 0.2) is 0 Å². The Hall–Kier alpha value is -0.570. The third-order valence-electron chi connectivity index (χ3n) is 2.32. The van der Waals surface area contributed by atoms with Crippen molar-refractivity contribution >= 4 is 6.47 Å². The van der Waals surface area contributed by atoms with Crippen molar-refractivity contribution in [2.75, 3.05) is 26.7 Å². The quantitative estimate of drug-likeness (QED) is 0.651. The van der Waals surface area contributed by atoms with Gasteiger partial charge < -0.3 is 9.64 Å². The van der Waals surface area contributed by atoms with Crippen molar-refractivity contribution in [2.45, 2.75) is 33.1 Å². The van der Waals surface area contributed by atoms with Gasteiger partial charge in [-0.25, -0.2) is 0 Å². The molecular weight excluding hydrogens is 178 g/mol. The molecule has 0 aliphatic carbocycles. The van der Waals surface area contributed by atoms with Crippen molar-refractivity contribution in [3.8, 4) is 0 Å². The lowest BCUT2D eigenvalue weighted by Gasteiger charge is -2.15. The third-order valence-corrected chi connectivity index (χ3v) is 2.32. The van der Waals surface area contributed by atoms with E-state index < -0.39 is 0 Å². The fourth-order valence-corrected chi connectivity index (χ4v) is 1.45. The standard InChI is InChI=1S/C9H19N.C2H4O2/c1-9(2)5-8-10-6-3-4-7-10;1-4-2-3/h9H,3-8H2,1-2H3;2H,1H3. The van der Waals surface area contributed by atoms with Gasteiger partial charge in [0, 0.05) is 0 Å². The van der Waals surface area contributed by atoms with Crippen molar-refractivity contribution in [1.82, 2.24) is 4.90 Å². The zero-order valence-corrected chi connectivity index (χ0v) is 9.66. The Morgan fingerprint density at radius 3 is 2.21 bits per heavy atom. The van der Waals surface area contributed by atoms with Crippen LogP contribution in [0.15, 0.2) is 0 Å². The summed E-state index contributed by atoms with van der Waals surface area (Å²) in [4.78, 5) is 11.5. The highest BCUT2D eigenvalue weighted by Crippen LogP contribution is 2.09. The predicted molar refractivity (Wildman–Crippen MR) is 58.2 cm³/mol. The number of carbonyl (C=O) groups excluding carboxylic acids is 1. The van der Waals surface area contributed by atoms with Crippen LogP contribution in [0, 0.1) is 5.92 Å². The minimum atomic E-state index is 0.375. The molecular formula is C11H23NO2. The van der Waals surface area contributed by atoms with Gasteiger partial charge in [-0.05, 0) is 44.8 Å². The first-order chi connectivity index (χ1) is 6.70. The molecule has 1 fully saturated rings. The highest BCUT2D eigenvalue weighted by Gasteiger charge is 2.10. The predicted octanol–water partition coefficient (Wildman–Crippen LogP) is 1.92. The Balaban J connectivity index is 0.000000364. The summed E-state index contributed by atoms with van der Waals surface area (Å²) in [5, 5.41) is 0. The van der Waals surface area contributed by atoms with E-state index in [-0.39, 0.29) is 0 Å². The van der Waals surface area contributed by atoms with Crippen molar-refractivity contribution in [2.24, 2.45) is 5.92 Å². The zero-order valence-electron chi connectivity index (χ0n) is 9.66. The van der Waals surface area contributed by atoms with E-state index in [4.69, 9.17) is 4.79 Å². The van der Waals surface area contributed by atoms with Crippen LogP contribution in [0.5, 0.6) is 0 Å². The first-order valence-electron chi connectivity index (χ1n) is 5.39. The Kier molecular flexibility index (Phi) is 8.64. The Morgan fingerprint density at radius 1 is 1.36 bits per heavy atom. The molecule has 0 unspecified atom stereocenters. The Morgan fingerprint density at radius 2 is 1.86 bits per heavy atom. The van der Waals surface area contributed by atoms with Crippen LogP contribution in [0.3, 0.4) is 0 Å². The van der Waals surface area contributed by atoms with Gasteiger partial charge in [-0.15, -0.1) is 0 Å². The lowest BCUT2D eigenvalue weighted by atomic mass is 10.1. The molecule has 0 bridgehead atoms. The summed E-state index contributed by atoms with van der Waals surface area (Å²) in [7, 11) is 1.31. The number of rotatable bonds is 4. The minimum Gasteiger partial charge on any atom is -0.471 e. The second-order valence-corrected chi connectivity index (χ2v) is 4.06. The first kappa shape index (κ1) is 13.4. The number of hydrogen-bond acceptors (Lipinski definition) is 3. The molecule has 1 aliphatic heterocycles. The molecule has 1 saturated heterocycles. The van der Waals surface area contributed by atoms with Gasteiger partial charge in [-0.2, -0.15) is 0 Å². The van der Waals surface area contributed by atoms with E-state index >= 15 is 0 Å². The van der Waals surface area contributed by atoms with Crippen LogP contribution in [0.25, 0.3) is 0 Å². The van der Waals surface area contributed by atoms with Crippen molar-refractivity contribution in [3.63, 3.8) is 0 Å². The van der Waals surface area contributed by atoms with Gasteiger partial charge in [-0.3, -0.25) is 4.79 Å². The van der Waals surface area contributed by atoms with Crippen LogP contribution >= 0.6 is 0 Å². The molecule has 0 spiro atoms. The molecule has 3 heteroatoms. The van der Waals surface area contributed by atoms with Crippen LogP contribution in [-0.4, -0.2) is 38.1 Å². The molecule has 0 amide bonds. The second kappa shape index (κ2) is 9.00. The SMILES string of the molecule is CC(C)CCN1CCCC1.COC=O. The monoisotopic (exact) mass is 201 g/mol. The lowest BCUT2D eigenvalue weighted by molar-refractivity contribution is -0.126. The van der Waals surface area contributed by atoms with E-state index in [0.717, 1.165) is 5.92 Å². The summed E-state index contributed by atoms with van der Waals surface area (Å²) in [6.07, 6.45) is 4.23. The average molecular weight is 201 g/mol. The fraction of sp³-hybridized carbons (Fsp3) is 0.909. The number of nitrogens with zero attached hydrogens (tertiary/aromatic N) is 1. The molecule has 1 rings (SSSR count). The maximum Gasteiger partial charge on any atom is 0.292 e. The number of ether oxygens (including phenoxy) is 1. The fourth-order valence-electron chi connectivity index (χ4n) is 1.45. The number of likely N-dealkylation sites (tertiary alicyclic amines) is 1. The molecule has 14 heavy (non-hydrogen) atoms. The normalized spacial score (nSPS) is 16.3. The summed E-state index contributed by atoms with van der Waals surface area (Å²) < 4.78 is 3.86. The molecule has 0 aromatic heterocycles. The lowest BCUT2D eigenvalue weighted by Crippen LogP contribution is -2.21. The van der Waals surface area contributed by atoms with Crippen LogP contribution in [0.2, 0.25) is 0 Å². The average Bonchev–Trinajstić information content (AvgIpc) is 2.67. The van der Waals surface area contributed by atoms with Crippen LogP contribution in [0.4, 0.5) is 0 Å². The van der Waals surface area contributed by atoms with Gasteiger partial charge in [0.2, 0.25) is 0 Å². The van der Waals surface area contributed by atoms with E-state index in [0.29, 0.717) is 6.47 Å². The number of hydrogen-bond donors (Lipinski definition) is 0. The molecule has 1 heterocycles. The Bertz CT molecular complexity index is 131. The highest BCUT2D eigenvalue weighted by molar-refractivity contribution is 5.36. The van der Waals surface area contributed by atoms with E-state index in [1.165, 1.54) is 46.0 Å². The molecule has 0 aromatic rings. The molecule has 0 saturated carbocycles. The maximum absolute atomic E-state index is 8.95. The van der Waals surface area contributed by atoms with Crippen LogP contribution in [-0.2, 0) is 9.53 Å². The molecule has 84 valence electrons. The molecule has 0 aromatic carbocycles. The van der Waals surface area contributed by atoms with Gasteiger partial charge in [-0.1, -0.05) is 13.8 Å². The summed E-state index contributed by atoms with van der Waals surface area (Å²) >= 11 is 0. The zero-order chi connectivity index (χ0) is 10.8. The van der Waals surface area contributed by atoms with Crippen molar-refractivity contribution < 1.29 is 9.53 Å². The van der Waals surface area contributed by atoms with E-state index in [1.807, 2.05) is 0 Å². The first-order valence-corrected chi connectivity index (χ1v) is 5.39. The molecule has 3 nitrogen and oxygen atoms in total. The van der Waals surface area contributed by atoms with Crippen molar-refractivity contribution in [1.29, 1.82) is 0 Å². The summed E-state index contributed by atoms with van der Waals surface area (Å²) in [5.74, 6) is 0.876. The van der Waals surface area contributed by atoms with Gasteiger partial charge in [0.05, 0.1) is 7.11 Å².